The number of rotatable bonds is 0. The van der Waals surface area contributed by atoms with Crippen LogP contribution < -0.4 is 0 Å². The van der Waals surface area contributed by atoms with Crippen LogP contribution in [0, 0.1) is 41.7 Å². The third-order valence-corrected chi connectivity index (χ3v) is 0. The third kappa shape index (κ3) is 61.8. The van der Waals surface area contributed by atoms with E-state index in [2.05, 4.69) is 0 Å². The van der Waals surface area contributed by atoms with E-state index in [9.17, 15) is 0 Å². The Bertz CT molecular complexity index is 27.2. The molecule has 0 aromatic rings. The largest absolute Gasteiger partial charge is 0 e. The van der Waals surface area contributed by atoms with Gasteiger partial charge in [-0.2, -0.15) is 0 Å². The quantitative estimate of drug-likeness (QED) is 0.287. The van der Waals surface area contributed by atoms with E-state index in [1.807, 2.05) is 0 Å². The van der Waals surface area contributed by atoms with E-state index in [4.69, 9.17) is 19.2 Å². The van der Waals surface area contributed by atoms with E-state index < -0.39 is 9.05 Å². The molecule has 4 N–H and O–H groups in total. The summed E-state index contributed by atoms with van der Waals surface area (Å²) in [5.74, 6) is 0. The Morgan fingerprint density at radius 1 is 0.857 bits per heavy atom. The van der Waals surface area contributed by atoms with Gasteiger partial charge < -0.3 is 19.2 Å². The first kappa shape index (κ1) is 16.2. The van der Waals surface area contributed by atoms with Gasteiger partial charge in [0.1, 0.15) is 0 Å². The fraction of sp³-hybridized carbons (Fsp3) is 0. The van der Waals surface area contributed by atoms with Crippen LogP contribution in [0.15, 0.2) is 0 Å². The van der Waals surface area contributed by atoms with Gasteiger partial charge in [0.05, 0.1) is 0 Å². The molecule has 7 heavy (non-hydrogen) atoms. The van der Waals surface area contributed by atoms with Crippen molar-refractivity contribution in [3.05, 3.63) is 0 Å². The Morgan fingerprint density at radius 3 is 0.857 bits per heavy atom. The summed E-state index contributed by atoms with van der Waals surface area (Å²) in [6, 6.07) is 0. The maximum atomic E-state index is 7.33. The van der Waals surface area contributed by atoms with Crippen LogP contribution >= 0.6 is 0 Å². The first-order valence-electron chi connectivity index (χ1n) is 0.894. The van der Waals surface area contributed by atoms with E-state index in [1.54, 1.807) is 0 Å². The smallest absolute Gasteiger partial charge is 0 e. The van der Waals surface area contributed by atoms with E-state index in [1.165, 1.54) is 0 Å². The van der Waals surface area contributed by atoms with Gasteiger partial charge in [0.2, 0.25) is 0 Å². The molecule has 0 heterocycles. The summed E-state index contributed by atoms with van der Waals surface area (Å²) in [4.78, 5) is 29.3. The Labute approximate surface area is 94.6 Å². The van der Waals surface area contributed by atoms with Gasteiger partial charge in [0.15, 0.2) is 0 Å². The molecule has 0 atom stereocenters. The van der Waals surface area contributed by atoms with Gasteiger partial charge in [0.25, 0.3) is 0 Å². The molecule has 0 saturated carbocycles. The van der Waals surface area contributed by atoms with Crippen LogP contribution in [0.25, 0.3) is 0 Å². The van der Waals surface area contributed by atoms with Gasteiger partial charge in [-0.05, 0) is 0 Å². The summed E-state index contributed by atoms with van der Waals surface area (Å²) >= 11 is 0. The predicted octanol–water partition coefficient (Wildman–Crippen LogP) is -3.79. The molecule has 0 saturated heterocycles. The second-order valence-electron chi connectivity index (χ2n) is 0.600. The molecule has 0 aromatic heterocycles. The van der Waals surface area contributed by atoms with Crippen molar-refractivity contribution in [2.45, 2.75) is 0 Å². The van der Waals surface area contributed by atoms with Gasteiger partial charge in [-0.25, -0.2) is 0 Å². The van der Waals surface area contributed by atoms with Crippen LogP contribution in [0.1, 0.15) is 0 Å². The summed E-state index contributed by atoms with van der Waals surface area (Å²) in [5.41, 5.74) is 0. The fourth-order valence-electron chi connectivity index (χ4n) is 0. The van der Waals surface area contributed by atoms with Crippen LogP contribution in [0.5, 0.6) is 0 Å². The first-order chi connectivity index (χ1) is 2.00. The minimum Gasteiger partial charge on any atom is 0 e. The molecule has 0 unspecified atom stereocenters. The molecule has 0 bridgehead atoms. The van der Waals surface area contributed by atoms with E-state index >= 15 is 0 Å². The number of hydrogen-bond acceptors (Lipinski definition) is 4. The normalized spacial score (nSPS) is 8.57. The SMILES string of the molecule is O[Si](O)(O)O.[BiH3].[Ce]. The molecule has 0 aliphatic rings. The minimum absolute atomic E-state index is 0. The summed E-state index contributed by atoms with van der Waals surface area (Å²) in [6.07, 6.45) is 0. The molecule has 0 aliphatic carbocycles. The number of hydrogen-bond donors (Lipinski definition) is 4. The van der Waals surface area contributed by atoms with Crippen LogP contribution in [0.2, 0.25) is 0 Å². The average molecular weight is 448 g/mol. The topological polar surface area (TPSA) is 80.9 Å². The first-order valence-corrected chi connectivity index (χ1v) is 2.68. The van der Waals surface area contributed by atoms with Crippen molar-refractivity contribution in [1.82, 2.24) is 0 Å². The van der Waals surface area contributed by atoms with Crippen LogP contribution in [-0.2, 0) is 0 Å². The molecule has 44 valence electrons. The second-order valence-corrected chi connectivity index (χ2v) is 1.80. The van der Waals surface area contributed by atoms with Gasteiger partial charge in [-0.1, -0.05) is 0 Å². The Kier molecular flexibility index (Phi) is 14.9. The second kappa shape index (κ2) is 6.44. The van der Waals surface area contributed by atoms with Gasteiger partial charge >= 0.3 is 35.3 Å². The van der Waals surface area contributed by atoms with E-state index in [0.717, 1.165) is 0 Å². The minimum atomic E-state index is -4.61. The molecular formula is H7BiCeO4Si. The fourth-order valence-corrected chi connectivity index (χ4v) is 0. The van der Waals surface area contributed by atoms with E-state index in [-0.39, 0.29) is 68.0 Å². The van der Waals surface area contributed by atoms with Crippen molar-refractivity contribution in [1.29, 1.82) is 0 Å². The Hall–Kier alpha value is 2.32. The van der Waals surface area contributed by atoms with Crippen molar-refractivity contribution < 1.29 is 60.9 Å². The molecular weight excluding hydrogens is 441 g/mol. The van der Waals surface area contributed by atoms with E-state index in [0.29, 0.717) is 0 Å². The van der Waals surface area contributed by atoms with Crippen molar-refractivity contribution >= 4 is 35.3 Å². The Morgan fingerprint density at radius 2 is 0.857 bits per heavy atom. The Balaban J connectivity index is -0.0000000800. The molecule has 7 heteroatoms. The summed E-state index contributed by atoms with van der Waals surface area (Å²) in [5, 5.41) is 0. The average Bonchev–Trinajstić information content (AvgIpc) is 0.722. The van der Waals surface area contributed by atoms with Crippen LogP contribution in [-0.4, -0.2) is 54.4 Å². The maximum absolute atomic E-state index is 7.33. The molecule has 0 amide bonds. The zero-order valence-corrected chi connectivity index (χ0v) is 13.1. The summed E-state index contributed by atoms with van der Waals surface area (Å²) in [6.45, 7) is 0. The maximum Gasteiger partial charge on any atom is 0 e. The third-order valence-electron chi connectivity index (χ3n) is 0. The molecule has 0 fully saturated rings. The molecule has 0 aromatic carbocycles. The van der Waals surface area contributed by atoms with Gasteiger partial charge in [-0.15, -0.1) is 0 Å². The zero-order chi connectivity index (χ0) is 4.50. The van der Waals surface area contributed by atoms with Gasteiger partial charge in [0, 0.05) is 41.7 Å². The molecule has 0 aliphatic heterocycles. The summed E-state index contributed by atoms with van der Waals surface area (Å²) < 4.78 is 0. The molecule has 0 spiro atoms. The zero-order valence-electron chi connectivity index (χ0n) is 3.50. The predicted molar refractivity (Wildman–Crippen MR) is 24.6 cm³/mol. The molecule has 0 rings (SSSR count). The van der Waals surface area contributed by atoms with Crippen LogP contribution in [0.4, 0.5) is 0 Å². The van der Waals surface area contributed by atoms with Gasteiger partial charge in [-0.3, -0.25) is 0 Å². The standard InChI is InChI=1S/Bi.Ce.H4O4Si.3H/c;;1-5(2,3)4;;;/h;;1-4H;;;. The van der Waals surface area contributed by atoms with Crippen molar-refractivity contribution in [2.75, 3.05) is 0 Å². The molecule has 4 nitrogen and oxygen atoms in total. The van der Waals surface area contributed by atoms with Crippen molar-refractivity contribution in [2.24, 2.45) is 0 Å². The monoisotopic (exact) mass is 448 g/mol. The van der Waals surface area contributed by atoms with Crippen molar-refractivity contribution in [3.8, 4) is 0 Å². The van der Waals surface area contributed by atoms with Crippen LogP contribution in [0.3, 0.4) is 0 Å². The summed E-state index contributed by atoms with van der Waals surface area (Å²) in [7, 11) is -4.61. The molecule has 0 radical (unpaired) electrons. The van der Waals surface area contributed by atoms with Crippen molar-refractivity contribution in [3.63, 3.8) is 0 Å².